The highest BCUT2D eigenvalue weighted by Gasteiger charge is 2.30. The number of aryl methyl sites for hydroxylation is 1. The van der Waals surface area contributed by atoms with Crippen LogP contribution in [0.25, 0.3) is 21.3 Å². The summed E-state index contributed by atoms with van der Waals surface area (Å²) in [6, 6.07) is 9.83. The van der Waals surface area contributed by atoms with Crippen molar-refractivity contribution in [2.75, 3.05) is 6.61 Å². The summed E-state index contributed by atoms with van der Waals surface area (Å²) in [7, 11) is 0. The zero-order valence-corrected chi connectivity index (χ0v) is 22.7. The Hall–Kier alpha value is -1.47. The lowest BCUT2D eigenvalue weighted by Crippen LogP contribution is -2.30. The molecule has 32 heavy (non-hydrogen) atoms. The molecule has 0 radical (unpaired) electrons. The molecule has 1 heterocycles. The first-order valence-electron chi connectivity index (χ1n) is 10.5. The van der Waals surface area contributed by atoms with Crippen LogP contribution in [-0.4, -0.2) is 23.2 Å². The van der Waals surface area contributed by atoms with Crippen LogP contribution in [0.1, 0.15) is 58.8 Å². The van der Waals surface area contributed by atoms with Crippen molar-refractivity contribution in [2.45, 2.75) is 60.2 Å². The van der Waals surface area contributed by atoms with Crippen molar-refractivity contribution < 1.29 is 14.3 Å². The van der Waals surface area contributed by atoms with E-state index >= 15 is 0 Å². The summed E-state index contributed by atoms with van der Waals surface area (Å²) in [6.45, 7) is 13.7. The van der Waals surface area contributed by atoms with Crippen molar-refractivity contribution in [2.24, 2.45) is 5.41 Å². The topological polar surface area (TPSA) is 48.4 Å². The second kappa shape index (κ2) is 9.41. The molecule has 0 fully saturated rings. The Morgan fingerprint density at radius 1 is 1.16 bits per heavy atom. The largest absolute Gasteiger partial charge is 0.462 e. The van der Waals surface area contributed by atoms with Crippen LogP contribution in [-0.2, 0) is 14.3 Å². The quantitative estimate of drug-likeness (QED) is 0.308. The molecule has 0 aliphatic carbocycles. The average Bonchev–Trinajstić information content (AvgIpc) is 3.02. The highest BCUT2D eigenvalue weighted by molar-refractivity contribution is 9.11. The molecule has 3 rings (SSSR count). The Balaban J connectivity index is 2.21. The number of fused-ring (bicyclic) bond motifs is 1. The van der Waals surface area contributed by atoms with Gasteiger partial charge in [-0.2, -0.15) is 0 Å². The second-order valence-electron chi connectivity index (χ2n) is 9.87. The zero-order valence-electron chi connectivity index (χ0n) is 19.5. The smallest absolute Gasteiger partial charge is 0.311 e. The number of rotatable bonds is 5. The summed E-state index contributed by atoms with van der Waals surface area (Å²) >= 11 is 11.3. The van der Waals surface area contributed by atoms with Crippen LogP contribution in [0, 0.1) is 12.3 Å². The molecule has 0 aliphatic heterocycles. The van der Waals surface area contributed by atoms with Crippen LogP contribution in [0.4, 0.5) is 0 Å². The van der Waals surface area contributed by atoms with Crippen molar-refractivity contribution in [3.8, 4) is 11.1 Å². The SMILES string of the molecule is Cc1cc2nc(Br)sc2c(-c2ccc(Cl)cc2)c1C(COC(=O)C(C)(C)C)OC(C)(C)C. The molecule has 1 atom stereocenters. The Morgan fingerprint density at radius 2 is 1.78 bits per heavy atom. The highest BCUT2D eigenvalue weighted by Crippen LogP contribution is 2.43. The maximum absolute atomic E-state index is 12.6. The van der Waals surface area contributed by atoms with E-state index in [1.807, 2.05) is 72.7 Å². The first-order valence-corrected chi connectivity index (χ1v) is 12.5. The van der Waals surface area contributed by atoms with E-state index in [9.17, 15) is 4.79 Å². The number of carbonyl (C=O) groups excluding carboxylic acids is 1. The predicted molar refractivity (Wildman–Crippen MR) is 136 cm³/mol. The fraction of sp³-hybridized carbons (Fsp3) is 0.440. The molecule has 3 aromatic rings. The van der Waals surface area contributed by atoms with Crippen molar-refractivity contribution in [3.63, 3.8) is 0 Å². The molecule has 1 aromatic heterocycles. The van der Waals surface area contributed by atoms with E-state index in [4.69, 9.17) is 21.1 Å². The van der Waals surface area contributed by atoms with Crippen molar-refractivity contribution in [3.05, 3.63) is 50.4 Å². The van der Waals surface area contributed by atoms with Crippen molar-refractivity contribution >= 4 is 55.1 Å². The predicted octanol–water partition coefficient (Wildman–Crippen LogP) is 8.13. The van der Waals surface area contributed by atoms with Gasteiger partial charge >= 0.3 is 5.97 Å². The number of hydrogen-bond acceptors (Lipinski definition) is 5. The number of nitrogens with zero attached hydrogens (tertiary/aromatic N) is 1. The summed E-state index contributed by atoms with van der Waals surface area (Å²) in [5, 5.41) is 0.672. The maximum Gasteiger partial charge on any atom is 0.311 e. The molecule has 0 N–H and O–H groups in total. The maximum atomic E-state index is 12.6. The molecule has 0 saturated heterocycles. The van der Waals surface area contributed by atoms with E-state index in [2.05, 4.69) is 27.0 Å². The average molecular weight is 539 g/mol. The Kier molecular flexibility index (Phi) is 7.40. The molecular formula is C25H29BrClNO3S. The lowest BCUT2D eigenvalue weighted by atomic mass is 9.91. The number of esters is 1. The number of ether oxygens (including phenoxy) is 2. The molecular weight excluding hydrogens is 510 g/mol. The van der Waals surface area contributed by atoms with Gasteiger partial charge in [-0.15, -0.1) is 11.3 Å². The lowest BCUT2D eigenvalue weighted by molar-refractivity contribution is -0.162. The minimum absolute atomic E-state index is 0.125. The molecule has 0 aliphatic rings. The third-order valence-electron chi connectivity index (χ3n) is 4.83. The Morgan fingerprint density at radius 3 is 2.34 bits per heavy atom. The van der Waals surface area contributed by atoms with Gasteiger partial charge in [0.05, 0.1) is 21.2 Å². The summed E-state index contributed by atoms with van der Waals surface area (Å²) in [5.74, 6) is -0.257. The van der Waals surface area contributed by atoms with Crippen LogP contribution in [0.15, 0.2) is 34.2 Å². The fourth-order valence-electron chi connectivity index (χ4n) is 3.47. The van der Waals surface area contributed by atoms with Gasteiger partial charge in [0.15, 0.2) is 3.92 Å². The van der Waals surface area contributed by atoms with Crippen LogP contribution >= 0.6 is 38.9 Å². The van der Waals surface area contributed by atoms with E-state index < -0.39 is 17.1 Å². The summed E-state index contributed by atoms with van der Waals surface area (Å²) < 4.78 is 14.1. The number of hydrogen-bond donors (Lipinski definition) is 0. The van der Waals surface area contributed by atoms with E-state index in [0.29, 0.717) is 5.02 Å². The van der Waals surface area contributed by atoms with Crippen LogP contribution in [0.2, 0.25) is 5.02 Å². The van der Waals surface area contributed by atoms with Crippen LogP contribution in [0.5, 0.6) is 0 Å². The third kappa shape index (κ3) is 5.90. The molecule has 172 valence electrons. The van der Waals surface area contributed by atoms with Crippen LogP contribution < -0.4 is 0 Å². The number of aromatic nitrogens is 1. The molecule has 0 bridgehead atoms. The standard InChI is InChI=1S/C25H29BrClNO3S/c1-14-12-17-21(32-23(26)28-17)20(15-8-10-16(27)11-9-15)19(14)18(31-25(5,6)7)13-30-22(29)24(2,3)4/h8-12,18H,13H2,1-7H3. The molecule has 4 nitrogen and oxygen atoms in total. The van der Waals surface area contributed by atoms with Gasteiger partial charge in [0.2, 0.25) is 0 Å². The molecule has 0 saturated carbocycles. The second-order valence-corrected chi connectivity index (χ2v) is 12.6. The Labute approximate surface area is 207 Å². The Bertz CT molecular complexity index is 1130. The lowest BCUT2D eigenvalue weighted by Gasteiger charge is -2.31. The number of thiazole rings is 1. The molecule has 1 unspecified atom stereocenters. The van der Waals surface area contributed by atoms with Gasteiger partial charge < -0.3 is 9.47 Å². The van der Waals surface area contributed by atoms with Crippen molar-refractivity contribution in [1.82, 2.24) is 4.98 Å². The molecule has 2 aromatic carbocycles. The molecule has 0 spiro atoms. The number of benzene rings is 2. The fourth-order valence-corrected chi connectivity index (χ4v) is 5.13. The summed E-state index contributed by atoms with van der Waals surface area (Å²) in [4.78, 5) is 17.2. The summed E-state index contributed by atoms with van der Waals surface area (Å²) in [5.41, 5.74) is 3.95. The van der Waals surface area contributed by atoms with Gasteiger partial charge in [-0.3, -0.25) is 4.79 Å². The van der Waals surface area contributed by atoms with Crippen molar-refractivity contribution in [1.29, 1.82) is 0 Å². The monoisotopic (exact) mass is 537 g/mol. The molecule has 7 heteroatoms. The minimum Gasteiger partial charge on any atom is -0.462 e. The van der Waals surface area contributed by atoms with E-state index in [0.717, 1.165) is 36.4 Å². The first-order chi connectivity index (χ1) is 14.8. The summed E-state index contributed by atoms with van der Waals surface area (Å²) in [6.07, 6.45) is -0.447. The van der Waals surface area contributed by atoms with E-state index in [1.165, 1.54) is 0 Å². The van der Waals surface area contributed by atoms with E-state index in [-0.39, 0.29) is 12.6 Å². The van der Waals surface area contributed by atoms with Gasteiger partial charge in [0.1, 0.15) is 12.7 Å². The van der Waals surface area contributed by atoms with Gasteiger partial charge in [0.25, 0.3) is 0 Å². The van der Waals surface area contributed by atoms with Crippen LogP contribution in [0.3, 0.4) is 0 Å². The molecule has 0 amide bonds. The number of halogens is 2. The highest BCUT2D eigenvalue weighted by atomic mass is 79.9. The van der Waals surface area contributed by atoms with Gasteiger partial charge in [-0.1, -0.05) is 23.7 Å². The normalized spacial score (nSPS) is 13.4. The van der Waals surface area contributed by atoms with Gasteiger partial charge in [-0.05, 0) is 99.3 Å². The zero-order chi connectivity index (χ0) is 23.8. The van der Waals surface area contributed by atoms with E-state index in [1.54, 1.807) is 11.3 Å². The first kappa shape index (κ1) is 25.2. The van der Waals surface area contributed by atoms with Gasteiger partial charge in [0, 0.05) is 10.6 Å². The number of carbonyl (C=O) groups is 1. The third-order valence-corrected chi connectivity index (χ3v) is 6.62. The minimum atomic E-state index is -0.590. The van der Waals surface area contributed by atoms with Gasteiger partial charge in [-0.25, -0.2) is 4.98 Å².